The summed E-state index contributed by atoms with van der Waals surface area (Å²) in [6.45, 7) is 1.72. The molecule has 0 aromatic rings. The minimum absolute atomic E-state index is 0.144. The maximum atomic E-state index is 11.5. The van der Waals surface area contributed by atoms with Gasteiger partial charge in [-0.25, -0.2) is 4.99 Å². The van der Waals surface area contributed by atoms with Crippen molar-refractivity contribution in [3.05, 3.63) is 22.7 Å². The third-order valence-corrected chi connectivity index (χ3v) is 2.63. The van der Waals surface area contributed by atoms with Crippen LogP contribution in [0, 0.1) is 5.92 Å². The smallest absolute Gasteiger partial charge is 0.261 e. The van der Waals surface area contributed by atoms with Crippen molar-refractivity contribution in [3.63, 3.8) is 0 Å². The second-order valence-electron chi connectivity index (χ2n) is 2.88. The monoisotopic (exact) mass is 238 g/mol. The molecule has 0 bridgehead atoms. The van der Waals surface area contributed by atoms with Crippen molar-refractivity contribution >= 4 is 33.4 Å². The van der Waals surface area contributed by atoms with Crippen molar-refractivity contribution in [2.45, 2.75) is 6.92 Å². The highest BCUT2D eigenvalue weighted by Gasteiger charge is 2.29. The number of amidine groups is 1. The molecule has 1 amide bonds. The molecular weight excluding hydrogens is 232 g/mol. The summed E-state index contributed by atoms with van der Waals surface area (Å²) in [6.07, 6.45) is 5.55. The number of halogens is 1. The predicted molar refractivity (Wildman–Crippen MR) is 55.2 cm³/mol. The topological polar surface area (TPSA) is 41.8 Å². The van der Waals surface area contributed by atoms with Gasteiger partial charge in [-0.1, -0.05) is 28.1 Å². The van der Waals surface area contributed by atoms with Crippen molar-refractivity contribution in [3.8, 4) is 0 Å². The summed E-state index contributed by atoms with van der Waals surface area (Å²) < 4.78 is 0.829. The Morgan fingerprint density at radius 3 is 3.00 bits per heavy atom. The maximum Gasteiger partial charge on any atom is 0.261 e. The normalized spacial score (nSPS) is 26.2. The van der Waals surface area contributed by atoms with Gasteiger partial charge in [0.05, 0.1) is 5.71 Å². The van der Waals surface area contributed by atoms with Gasteiger partial charge in [-0.15, -0.1) is 0 Å². The van der Waals surface area contributed by atoms with E-state index in [0.717, 1.165) is 10.2 Å². The van der Waals surface area contributed by atoms with E-state index in [2.05, 4.69) is 25.9 Å². The van der Waals surface area contributed by atoms with E-state index in [4.69, 9.17) is 0 Å². The van der Waals surface area contributed by atoms with Crippen LogP contribution in [-0.2, 0) is 4.79 Å². The second-order valence-corrected chi connectivity index (χ2v) is 3.79. The average molecular weight is 239 g/mol. The number of amides is 1. The maximum absolute atomic E-state index is 11.5. The van der Waals surface area contributed by atoms with Crippen LogP contribution in [0.3, 0.4) is 0 Å². The quantitative estimate of drug-likeness (QED) is 0.636. The molecule has 0 saturated carbocycles. The van der Waals surface area contributed by atoms with Gasteiger partial charge in [-0.05, 0) is 13.0 Å². The third kappa shape index (κ3) is 1.42. The van der Waals surface area contributed by atoms with Crippen molar-refractivity contribution in [2.24, 2.45) is 15.9 Å². The lowest BCUT2D eigenvalue weighted by Crippen LogP contribution is -2.28. The van der Waals surface area contributed by atoms with E-state index in [1.54, 1.807) is 6.92 Å². The number of hydrogen-bond acceptors (Lipinski definition) is 2. The molecular formula is C9H7BrN2O. The highest BCUT2D eigenvalue weighted by atomic mass is 79.9. The Kier molecular flexibility index (Phi) is 2.00. The zero-order valence-electron chi connectivity index (χ0n) is 6.99. The molecule has 2 aliphatic rings. The molecule has 0 aromatic carbocycles. The molecule has 2 rings (SSSR count). The van der Waals surface area contributed by atoms with Gasteiger partial charge in [0.15, 0.2) is 0 Å². The van der Waals surface area contributed by atoms with E-state index < -0.39 is 0 Å². The molecule has 1 aliphatic carbocycles. The second kappa shape index (κ2) is 3.03. The van der Waals surface area contributed by atoms with Crippen molar-refractivity contribution < 1.29 is 4.79 Å². The van der Waals surface area contributed by atoms with Gasteiger partial charge in [0.1, 0.15) is 11.8 Å². The van der Waals surface area contributed by atoms with Gasteiger partial charge in [-0.3, -0.25) is 4.79 Å². The van der Waals surface area contributed by atoms with Crippen LogP contribution in [-0.4, -0.2) is 17.5 Å². The fraction of sp³-hybridized carbons (Fsp3) is 0.222. The van der Waals surface area contributed by atoms with Crippen LogP contribution < -0.4 is 0 Å². The standard InChI is InChI=1S/C9H7BrN2O/c1-5-11-7-4-2-3-6(10)8(7)9(13)12-5/h2-4,8H,1H3. The van der Waals surface area contributed by atoms with Crippen LogP contribution in [0.5, 0.6) is 0 Å². The van der Waals surface area contributed by atoms with E-state index in [9.17, 15) is 4.79 Å². The first kappa shape index (κ1) is 8.56. The molecule has 3 nitrogen and oxygen atoms in total. The summed E-state index contributed by atoms with van der Waals surface area (Å²) in [6, 6.07) is 0. The molecule has 0 aromatic heterocycles. The highest BCUT2D eigenvalue weighted by Crippen LogP contribution is 2.27. The van der Waals surface area contributed by atoms with Gasteiger partial charge < -0.3 is 0 Å². The molecule has 13 heavy (non-hydrogen) atoms. The number of hydrogen-bond donors (Lipinski definition) is 0. The van der Waals surface area contributed by atoms with E-state index in [1.165, 1.54) is 0 Å². The van der Waals surface area contributed by atoms with E-state index in [0.29, 0.717) is 5.84 Å². The number of nitrogens with zero attached hydrogens (tertiary/aromatic N) is 2. The fourth-order valence-electron chi connectivity index (χ4n) is 1.35. The Labute approximate surface area is 84.1 Å². The summed E-state index contributed by atoms with van der Waals surface area (Å²) in [4.78, 5) is 19.5. The van der Waals surface area contributed by atoms with Crippen molar-refractivity contribution in [1.29, 1.82) is 0 Å². The molecule has 0 fully saturated rings. The van der Waals surface area contributed by atoms with Crippen molar-refractivity contribution in [2.75, 3.05) is 0 Å². The minimum Gasteiger partial charge on any atom is -0.271 e. The molecule has 0 spiro atoms. The van der Waals surface area contributed by atoms with Gasteiger partial charge in [0.25, 0.3) is 5.91 Å². The lowest BCUT2D eigenvalue weighted by molar-refractivity contribution is -0.118. The Bertz CT molecular complexity index is 390. The lowest BCUT2D eigenvalue weighted by Gasteiger charge is -2.19. The zero-order chi connectivity index (χ0) is 9.42. The molecule has 1 heterocycles. The molecule has 0 saturated heterocycles. The minimum atomic E-state index is -0.311. The number of allylic oxidation sites excluding steroid dienone is 3. The van der Waals surface area contributed by atoms with Crippen LogP contribution >= 0.6 is 15.9 Å². The van der Waals surface area contributed by atoms with Gasteiger partial charge in [-0.2, -0.15) is 4.99 Å². The summed E-state index contributed by atoms with van der Waals surface area (Å²) in [7, 11) is 0. The Balaban J connectivity index is 2.48. The third-order valence-electron chi connectivity index (χ3n) is 1.90. The highest BCUT2D eigenvalue weighted by molar-refractivity contribution is 9.11. The molecule has 66 valence electrons. The number of aliphatic imine (C=N–C) groups is 2. The van der Waals surface area contributed by atoms with E-state index in [-0.39, 0.29) is 11.8 Å². The fourth-order valence-corrected chi connectivity index (χ4v) is 1.94. The summed E-state index contributed by atoms with van der Waals surface area (Å²) in [5.41, 5.74) is 0.770. The van der Waals surface area contributed by atoms with Crippen LogP contribution in [0.25, 0.3) is 0 Å². The van der Waals surface area contributed by atoms with Crippen LogP contribution in [0.1, 0.15) is 6.92 Å². The number of carbonyl (C=O) groups is 1. The summed E-state index contributed by atoms with van der Waals surface area (Å²) in [5.74, 6) is 0.0757. The summed E-state index contributed by atoms with van der Waals surface area (Å²) >= 11 is 3.33. The lowest BCUT2D eigenvalue weighted by atomic mass is 9.96. The Morgan fingerprint density at radius 1 is 1.46 bits per heavy atom. The number of rotatable bonds is 0. The number of carbonyl (C=O) groups excluding carboxylic acids is 1. The Hall–Kier alpha value is -1.03. The van der Waals surface area contributed by atoms with Crippen LogP contribution in [0.4, 0.5) is 0 Å². The van der Waals surface area contributed by atoms with Gasteiger partial charge >= 0.3 is 0 Å². The molecule has 4 heteroatoms. The molecule has 1 aliphatic heterocycles. The molecule has 1 atom stereocenters. The van der Waals surface area contributed by atoms with Crippen LogP contribution in [0.2, 0.25) is 0 Å². The zero-order valence-corrected chi connectivity index (χ0v) is 8.58. The van der Waals surface area contributed by atoms with Crippen molar-refractivity contribution in [1.82, 2.24) is 0 Å². The van der Waals surface area contributed by atoms with Gasteiger partial charge in [0.2, 0.25) is 0 Å². The Morgan fingerprint density at radius 2 is 2.23 bits per heavy atom. The molecule has 1 unspecified atom stereocenters. The molecule has 0 radical (unpaired) electrons. The van der Waals surface area contributed by atoms with E-state index in [1.807, 2.05) is 18.2 Å². The van der Waals surface area contributed by atoms with Crippen LogP contribution in [0.15, 0.2) is 32.7 Å². The average Bonchev–Trinajstić information content (AvgIpc) is 2.02. The predicted octanol–water partition coefficient (Wildman–Crippen LogP) is 1.85. The first-order valence-electron chi connectivity index (χ1n) is 3.90. The van der Waals surface area contributed by atoms with E-state index >= 15 is 0 Å². The SMILES string of the molecule is CC1=NC(=O)C2C(Br)=CC=CC2=N1. The first-order valence-corrected chi connectivity index (χ1v) is 4.69. The molecule has 0 N–H and O–H groups in total. The summed E-state index contributed by atoms with van der Waals surface area (Å²) in [5, 5.41) is 0. The largest absolute Gasteiger partial charge is 0.271 e. The van der Waals surface area contributed by atoms with Gasteiger partial charge in [0, 0.05) is 4.48 Å². The first-order chi connectivity index (χ1) is 6.18. The number of fused-ring (bicyclic) bond motifs is 1.